The Balaban J connectivity index is 1.94. The Morgan fingerprint density at radius 2 is 1.73 bits per heavy atom. The average molecular weight is 361 g/mol. The molecule has 136 valence electrons. The number of hydrogen-bond acceptors (Lipinski definition) is 4. The molecule has 0 aliphatic rings. The molecule has 0 fully saturated rings. The van der Waals surface area contributed by atoms with E-state index in [1.165, 1.54) is 6.07 Å². The third-order valence-electron chi connectivity index (χ3n) is 3.92. The van der Waals surface area contributed by atoms with E-state index in [-0.39, 0.29) is 0 Å². The van der Waals surface area contributed by atoms with Crippen molar-refractivity contribution in [2.45, 2.75) is 32.5 Å². The Kier molecular flexibility index (Phi) is 4.43. The van der Waals surface area contributed by atoms with Crippen LogP contribution in [0, 0.1) is 6.92 Å². The van der Waals surface area contributed by atoms with Gasteiger partial charge in [-0.1, -0.05) is 18.2 Å². The standard InChI is InChI=1S/C18H18F3N5/c1-12-6-4-9-15(10-12)26-16(23-24-25-26)17(2,3)22-14-8-5-7-13(11-14)18(19,20)21/h4-11,22H,1-3H3. The summed E-state index contributed by atoms with van der Waals surface area (Å²) in [5.74, 6) is 0.487. The van der Waals surface area contributed by atoms with Crippen LogP contribution in [0.4, 0.5) is 18.9 Å². The molecule has 0 unspecified atom stereocenters. The zero-order valence-electron chi connectivity index (χ0n) is 14.5. The monoisotopic (exact) mass is 361 g/mol. The van der Waals surface area contributed by atoms with E-state index < -0.39 is 17.3 Å². The van der Waals surface area contributed by atoms with Gasteiger partial charge in [-0.3, -0.25) is 0 Å². The van der Waals surface area contributed by atoms with Crippen molar-refractivity contribution in [1.29, 1.82) is 0 Å². The second kappa shape index (κ2) is 6.44. The summed E-state index contributed by atoms with van der Waals surface area (Å²) in [6.45, 7) is 5.58. The molecule has 0 saturated heterocycles. The summed E-state index contributed by atoms with van der Waals surface area (Å²) in [5.41, 5.74) is 0.647. The van der Waals surface area contributed by atoms with Crippen LogP contribution >= 0.6 is 0 Å². The lowest BCUT2D eigenvalue weighted by molar-refractivity contribution is -0.137. The first-order chi connectivity index (χ1) is 12.2. The van der Waals surface area contributed by atoms with Gasteiger partial charge in [0.25, 0.3) is 0 Å². The summed E-state index contributed by atoms with van der Waals surface area (Å²) in [6.07, 6.45) is -4.40. The highest BCUT2D eigenvalue weighted by atomic mass is 19.4. The molecule has 3 aromatic rings. The number of nitrogens with one attached hydrogen (secondary N) is 1. The van der Waals surface area contributed by atoms with Gasteiger partial charge < -0.3 is 5.32 Å². The van der Waals surface area contributed by atoms with Crippen molar-refractivity contribution in [3.8, 4) is 5.69 Å². The Labute approximate surface area is 148 Å². The van der Waals surface area contributed by atoms with Crippen molar-refractivity contribution >= 4 is 5.69 Å². The maximum atomic E-state index is 12.9. The van der Waals surface area contributed by atoms with Crippen LogP contribution in [0.1, 0.15) is 30.8 Å². The van der Waals surface area contributed by atoms with E-state index in [1.54, 1.807) is 10.7 Å². The summed E-state index contributed by atoms with van der Waals surface area (Å²) in [7, 11) is 0. The van der Waals surface area contributed by atoms with Gasteiger partial charge in [-0.15, -0.1) is 5.10 Å². The second-order valence-electron chi connectivity index (χ2n) is 6.58. The summed E-state index contributed by atoms with van der Waals surface area (Å²) < 4.78 is 40.4. The summed E-state index contributed by atoms with van der Waals surface area (Å²) in [4.78, 5) is 0. The quantitative estimate of drug-likeness (QED) is 0.751. The molecule has 1 aromatic heterocycles. The molecule has 5 nitrogen and oxygen atoms in total. The number of alkyl halides is 3. The minimum Gasteiger partial charge on any atom is -0.373 e. The van der Waals surface area contributed by atoms with Crippen molar-refractivity contribution in [2.75, 3.05) is 5.32 Å². The maximum absolute atomic E-state index is 12.9. The highest BCUT2D eigenvalue weighted by Crippen LogP contribution is 2.32. The van der Waals surface area contributed by atoms with Crippen LogP contribution in [-0.4, -0.2) is 20.2 Å². The van der Waals surface area contributed by atoms with E-state index in [2.05, 4.69) is 20.8 Å². The van der Waals surface area contributed by atoms with Crippen LogP contribution in [0.5, 0.6) is 0 Å². The van der Waals surface area contributed by atoms with E-state index in [1.807, 2.05) is 45.0 Å². The second-order valence-corrected chi connectivity index (χ2v) is 6.58. The van der Waals surface area contributed by atoms with Crippen LogP contribution in [0.25, 0.3) is 5.69 Å². The molecule has 1 heterocycles. The highest BCUT2D eigenvalue weighted by Gasteiger charge is 2.32. The third-order valence-corrected chi connectivity index (χ3v) is 3.92. The predicted octanol–water partition coefficient (Wildman–Crippen LogP) is 4.34. The Hall–Kier alpha value is -2.90. The van der Waals surface area contributed by atoms with Crippen LogP contribution in [0.15, 0.2) is 48.5 Å². The SMILES string of the molecule is Cc1cccc(-n2nnnc2C(C)(C)Nc2cccc(C(F)(F)F)c2)c1. The van der Waals surface area contributed by atoms with Crippen molar-refractivity contribution < 1.29 is 13.2 Å². The molecular weight excluding hydrogens is 343 g/mol. The van der Waals surface area contributed by atoms with Gasteiger partial charge in [0, 0.05) is 5.69 Å². The molecule has 1 N–H and O–H groups in total. The molecule has 0 spiro atoms. The lowest BCUT2D eigenvalue weighted by Gasteiger charge is -2.26. The molecule has 0 saturated carbocycles. The number of aromatic nitrogens is 4. The molecule has 3 rings (SSSR count). The van der Waals surface area contributed by atoms with Crippen LogP contribution < -0.4 is 5.32 Å². The van der Waals surface area contributed by atoms with Gasteiger partial charge in [0.05, 0.1) is 16.8 Å². The lowest BCUT2D eigenvalue weighted by atomic mass is 10.0. The minimum absolute atomic E-state index is 0.337. The number of halogens is 3. The van der Waals surface area contributed by atoms with Gasteiger partial charge in [0.1, 0.15) is 0 Å². The highest BCUT2D eigenvalue weighted by molar-refractivity contribution is 5.49. The van der Waals surface area contributed by atoms with Crippen LogP contribution in [0.2, 0.25) is 0 Å². The largest absolute Gasteiger partial charge is 0.416 e. The van der Waals surface area contributed by atoms with Crippen molar-refractivity contribution in [1.82, 2.24) is 20.2 Å². The van der Waals surface area contributed by atoms with E-state index in [9.17, 15) is 13.2 Å². The molecule has 26 heavy (non-hydrogen) atoms. The number of nitrogens with zero attached hydrogens (tertiary/aromatic N) is 4. The van der Waals surface area contributed by atoms with Gasteiger partial charge in [0.15, 0.2) is 5.82 Å². The molecule has 0 atom stereocenters. The number of hydrogen-bond donors (Lipinski definition) is 1. The van der Waals surface area contributed by atoms with Crippen LogP contribution in [0.3, 0.4) is 0 Å². The zero-order chi connectivity index (χ0) is 18.9. The topological polar surface area (TPSA) is 55.6 Å². The third kappa shape index (κ3) is 3.68. The summed E-state index contributed by atoms with van der Waals surface area (Å²) in [6, 6.07) is 12.7. The molecule has 0 amide bonds. The van der Waals surface area contributed by atoms with E-state index >= 15 is 0 Å². The fourth-order valence-electron chi connectivity index (χ4n) is 2.70. The van der Waals surface area contributed by atoms with Gasteiger partial charge in [-0.2, -0.15) is 17.9 Å². The molecule has 0 bridgehead atoms. The van der Waals surface area contributed by atoms with Gasteiger partial charge in [0.2, 0.25) is 0 Å². The van der Waals surface area contributed by atoms with Crippen LogP contribution in [-0.2, 0) is 11.7 Å². The van der Waals surface area contributed by atoms with Crippen molar-refractivity contribution in [3.05, 3.63) is 65.5 Å². The van der Waals surface area contributed by atoms with Gasteiger partial charge in [-0.05, 0) is 67.1 Å². The lowest BCUT2D eigenvalue weighted by Crippen LogP contribution is -2.32. The van der Waals surface area contributed by atoms with Gasteiger partial charge >= 0.3 is 6.18 Å². The first kappa shape index (κ1) is 17.9. The minimum atomic E-state index is -4.40. The Morgan fingerprint density at radius 3 is 2.42 bits per heavy atom. The summed E-state index contributed by atoms with van der Waals surface area (Å²) in [5, 5.41) is 14.9. The van der Waals surface area contributed by atoms with E-state index in [4.69, 9.17) is 0 Å². The Morgan fingerprint density at radius 1 is 1.00 bits per heavy atom. The fraction of sp³-hybridized carbons (Fsp3) is 0.278. The molecule has 2 aromatic carbocycles. The van der Waals surface area contributed by atoms with Gasteiger partial charge in [-0.25, -0.2) is 0 Å². The normalized spacial score (nSPS) is 12.2. The van der Waals surface area contributed by atoms with E-state index in [0.29, 0.717) is 11.5 Å². The number of tetrazole rings is 1. The fourth-order valence-corrected chi connectivity index (χ4v) is 2.70. The maximum Gasteiger partial charge on any atom is 0.416 e. The smallest absolute Gasteiger partial charge is 0.373 e. The molecule has 0 aliphatic heterocycles. The molecule has 0 radical (unpaired) electrons. The number of anilines is 1. The number of aryl methyl sites for hydroxylation is 1. The first-order valence-electron chi connectivity index (χ1n) is 7.98. The molecule has 8 heteroatoms. The molecular formula is C18H18F3N5. The molecule has 0 aliphatic carbocycles. The predicted molar refractivity (Wildman–Crippen MR) is 92.0 cm³/mol. The number of rotatable bonds is 4. The Bertz CT molecular complexity index is 915. The zero-order valence-corrected chi connectivity index (χ0v) is 14.5. The van der Waals surface area contributed by atoms with E-state index in [0.717, 1.165) is 23.4 Å². The number of benzene rings is 2. The van der Waals surface area contributed by atoms with Crippen molar-refractivity contribution in [2.24, 2.45) is 0 Å². The first-order valence-corrected chi connectivity index (χ1v) is 7.98. The average Bonchev–Trinajstić information content (AvgIpc) is 3.04. The summed E-state index contributed by atoms with van der Waals surface area (Å²) >= 11 is 0. The van der Waals surface area contributed by atoms with Crippen molar-refractivity contribution in [3.63, 3.8) is 0 Å².